The number of nitrogens with zero attached hydrogens (tertiary/aromatic N) is 2. The van der Waals surface area contributed by atoms with Crippen molar-refractivity contribution in [2.75, 3.05) is 10.6 Å². The Bertz CT molecular complexity index is 1020. The zero-order chi connectivity index (χ0) is 21.0. The van der Waals surface area contributed by atoms with E-state index in [4.69, 9.17) is 5.41 Å². The van der Waals surface area contributed by atoms with Crippen molar-refractivity contribution in [1.82, 2.24) is 9.97 Å². The molecule has 0 aliphatic rings. The SMILES string of the molecule is Cc1cccc(Nc2ncnc(Nc3ccc(OC(F)(F)F)cc3)c2C=N)c1C. The summed E-state index contributed by atoms with van der Waals surface area (Å²) in [5.41, 5.74) is 3.91. The van der Waals surface area contributed by atoms with Crippen LogP contribution >= 0.6 is 0 Å². The van der Waals surface area contributed by atoms with Gasteiger partial charge < -0.3 is 20.8 Å². The first kappa shape index (κ1) is 20.1. The van der Waals surface area contributed by atoms with E-state index in [-0.39, 0.29) is 5.75 Å². The van der Waals surface area contributed by atoms with Gasteiger partial charge in [0.2, 0.25) is 0 Å². The topological polar surface area (TPSA) is 82.9 Å². The molecule has 0 aliphatic heterocycles. The van der Waals surface area contributed by atoms with Crippen molar-refractivity contribution in [3.8, 4) is 5.75 Å². The Morgan fingerprint density at radius 3 is 2.24 bits per heavy atom. The van der Waals surface area contributed by atoms with Crippen LogP contribution in [-0.4, -0.2) is 22.5 Å². The lowest BCUT2D eigenvalue weighted by atomic mass is 10.1. The summed E-state index contributed by atoms with van der Waals surface area (Å²) in [6, 6.07) is 11.1. The van der Waals surface area contributed by atoms with Crippen molar-refractivity contribution < 1.29 is 17.9 Å². The molecular weight excluding hydrogens is 383 g/mol. The Labute approximate surface area is 165 Å². The summed E-state index contributed by atoms with van der Waals surface area (Å²) < 4.78 is 40.7. The van der Waals surface area contributed by atoms with Crippen LogP contribution in [0.3, 0.4) is 0 Å². The predicted molar refractivity (Wildman–Crippen MR) is 106 cm³/mol. The monoisotopic (exact) mass is 401 g/mol. The first-order chi connectivity index (χ1) is 13.8. The van der Waals surface area contributed by atoms with Gasteiger partial charge in [-0.1, -0.05) is 12.1 Å². The number of hydrogen-bond donors (Lipinski definition) is 3. The molecule has 3 aromatic rings. The van der Waals surface area contributed by atoms with Crippen molar-refractivity contribution in [1.29, 1.82) is 5.41 Å². The minimum absolute atomic E-state index is 0.324. The molecule has 150 valence electrons. The summed E-state index contributed by atoms with van der Waals surface area (Å²) in [5.74, 6) is 0.450. The zero-order valence-electron chi connectivity index (χ0n) is 15.6. The van der Waals surface area contributed by atoms with E-state index in [1.165, 1.54) is 30.6 Å². The van der Waals surface area contributed by atoms with E-state index in [9.17, 15) is 13.2 Å². The van der Waals surface area contributed by atoms with Crippen molar-refractivity contribution >= 4 is 29.2 Å². The Kier molecular flexibility index (Phi) is 5.67. The number of rotatable bonds is 6. The van der Waals surface area contributed by atoms with E-state index in [0.29, 0.717) is 22.9 Å². The van der Waals surface area contributed by atoms with Crippen LogP contribution in [0.2, 0.25) is 0 Å². The molecule has 3 rings (SSSR count). The van der Waals surface area contributed by atoms with Crippen LogP contribution in [0.15, 0.2) is 48.8 Å². The smallest absolute Gasteiger partial charge is 0.406 e. The number of ether oxygens (including phenoxy) is 1. The molecule has 2 aromatic carbocycles. The molecule has 0 spiro atoms. The Morgan fingerprint density at radius 2 is 1.62 bits per heavy atom. The minimum Gasteiger partial charge on any atom is -0.406 e. The maximum Gasteiger partial charge on any atom is 0.573 e. The summed E-state index contributed by atoms with van der Waals surface area (Å²) in [6.07, 6.45) is -2.30. The van der Waals surface area contributed by atoms with Gasteiger partial charge in [-0.2, -0.15) is 0 Å². The van der Waals surface area contributed by atoms with Crippen LogP contribution in [0.4, 0.5) is 36.2 Å². The first-order valence-electron chi connectivity index (χ1n) is 8.58. The average molecular weight is 401 g/mol. The van der Waals surface area contributed by atoms with Gasteiger partial charge in [-0.25, -0.2) is 9.97 Å². The highest BCUT2D eigenvalue weighted by Gasteiger charge is 2.30. The van der Waals surface area contributed by atoms with Gasteiger partial charge in [0.05, 0.1) is 5.56 Å². The third-order valence-corrected chi connectivity index (χ3v) is 4.24. The summed E-state index contributed by atoms with van der Waals surface area (Å²) in [4.78, 5) is 8.36. The van der Waals surface area contributed by atoms with E-state index in [0.717, 1.165) is 23.0 Å². The Morgan fingerprint density at radius 1 is 0.966 bits per heavy atom. The summed E-state index contributed by atoms with van der Waals surface area (Å²) in [7, 11) is 0. The molecule has 6 nitrogen and oxygen atoms in total. The molecule has 9 heteroatoms. The van der Waals surface area contributed by atoms with Crippen LogP contribution in [0, 0.1) is 19.3 Å². The highest BCUT2D eigenvalue weighted by molar-refractivity contribution is 5.93. The summed E-state index contributed by atoms with van der Waals surface area (Å²) >= 11 is 0. The number of alkyl halides is 3. The molecule has 0 bridgehead atoms. The molecule has 1 aromatic heterocycles. The van der Waals surface area contributed by atoms with E-state index in [2.05, 4.69) is 25.3 Å². The van der Waals surface area contributed by atoms with E-state index in [1.807, 2.05) is 32.0 Å². The third kappa shape index (κ3) is 5.01. The molecule has 1 heterocycles. The number of aryl methyl sites for hydroxylation is 1. The van der Waals surface area contributed by atoms with Crippen molar-refractivity contribution in [3.05, 3.63) is 65.5 Å². The molecule has 0 unspecified atom stereocenters. The van der Waals surface area contributed by atoms with Crippen molar-refractivity contribution in [2.45, 2.75) is 20.2 Å². The molecule has 3 N–H and O–H groups in total. The predicted octanol–water partition coefficient (Wildman–Crippen LogP) is 5.48. The van der Waals surface area contributed by atoms with Crippen LogP contribution in [0.25, 0.3) is 0 Å². The fraction of sp³-hybridized carbons (Fsp3) is 0.150. The second kappa shape index (κ2) is 8.17. The number of benzene rings is 2. The standard InChI is InChI=1S/C20H18F3N5O/c1-12-4-3-5-17(13(12)2)28-19-16(10-24)18(25-11-26-19)27-14-6-8-15(9-7-14)29-20(21,22)23/h3-11,24H,1-2H3,(H2,25,26,27,28). The normalized spacial score (nSPS) is 11.1. The molecule has 0 amide bonds. The van der Waals surface area contributed by atoms with Crippen LogP contribution in [0.5, 0.6) is 5.75 Å². The lowest BCUT2D eigenvalue weighted by Crippen LogP contribution is -2.17. The van der Waals surface area contributed by atoms with Gasteiger partial charge in [-0.3, -0.25) is 0 Å². The molecule has 0 fully saturated rings. The molecule has 0 atom stereocenters. The average Bonchev–Trinajstić information content (AvgIpc) is 2.66. The minimum atomic E-state index is -4.75. The van der Waals surface area contributed by atoms with Crippen molar-refractivity contribution in [3.63, 3.8) is 0 Å². The number of aromatic nitrogens is 2. The lowest BCUT2D eigenvalue weighted by Gasteiger charge is -2.15. The third-order valence-electron chi connectivity index (χ3n) is 4.24. The number of halogens is 3. The molecular formula is C20H18F3N5O. The Balaban J connectivity index is 1.84. The van der Waals surface area contributed by atoms with Gasteiger partial charge in [-0.15, -0.1) is 13.2 Å². The number of hydrogen-bond acceptors (Lipinski definition) is 6. The van der Waals surface area contributed by atoms with Gasteiger partial charge in [0, 0.05) is 17.6 Å². The van der Waals surface area contributed by atoms with E-state index >= 15 is 0 Å². The van der Waals surface area contributed by atoms with Crippen molar-refractivity contribution in [2.24, 2.45) is 0 Å². The second-order valence-corrected chi connectivity index (χ2v) is 6.20. The van der Waals surface area contributed by atoms with Crippen LogP contribution in [-0.2, 0) is 0 Å². The largest absolute Gasteiger partial charge is 0.573 e. The van der Waals surface area contributed by atoms with E-state index in [1.54, 1.807) is 0 Å². The zero-order valence-corrected chi connectivity index (χ0v) is 15.6. The van der Waals surface area contributed by atoms with Gasteiger partial charge in [-0.05, 0) is 55.3 Å². The molecule has 0 saturated carbocycles. The molecule has 29 heavy (non-hydrogen) atoms. The molecule has 0 saturated heterocycles. The Hall–Kier alpha value is -3.62. The van der Waals surface area contributed by atoms with Gasteiger partial charge in [0.1, 0.15) is 23.7 Å². The highest BCUT2D eigenvalue weighted by atomic mass is 19.4. The first-order valence-corrected chi connectivity index (χ1v) is 8.58. The maximum atomic E-state index is 12.3. The summed E-state index contributed by atoms with van der Waals surface area (Å²) in [5, 5.41) is 13.9. The maximum absolute atomic E-state index is 12.3. The summed E-state index contributed by atoms with van der Waals surface area (Å²) in [6.45, 7) is 3.98. The van der Waals surface area contributed by atoms with Gasteiger partial charge in [0.25, 0.3) is 0 Å². The number of nitrogens with one attached hydrogen (secondary N) is 3. The van der Waals surface area contributed by atoms with Gasteiger partial charge in [0.15, 0.2) is 0 Å². The van der Waals surface area contributed by atoms with E-state index < -0.39 is 6.36 Å². The fourth-order valence-electron chi connectivity index (χ4n) is 2.62. The quantitative estimate of drug-likeness (QED) is 0.477. The second-order valence-electron chi connectivity index (χ2n) is 6.20. The molecule has 0 radical (unpaired) electrons. The van der Waals surface area contributed by atoms with Crippen LogP contribution in [0.1, 0.15) is 16.7 Å². The highest BCUT2D eigenvalue weighted by Crippen LogP contribution is 2.28. The number of anilines is 4. The molecule has 0 aliphatic carbocycles. The fourth-order valence-corrected chi connectivity index (χ4v) is 2.62. The lowest BCUT2D eigenvalue weighted by molar-refractivity contribution is -0.274. The van der Waals surface area contributed by atoms with Crippen LogP contribution < -0.4 is 15.4 Å². The van der Waals surface area contributed by atoms with Gasteiger partial charge >= 0.3 is 6.36 Å².